The van der Waals surface area contributed by atoms with E-state index in [9.17, 15) is 4.79 Å². The maximum Gasteiger partial charge on any atom is 0.253 e. The molecule has 160 valence electrons. The molecule has 1 aliphatic carbocycles. The summed E-state index contributed by atoms with van der Waals surface area (Å²) in [6.07, 6.45) is 10.1. The van der Waals surface area contributed by atoms with Crippen LogP contribution in [0.3, 0.4) is 0 Å². The van der Waals surface area contributed by atoms with Gasteiger partial charge in [-0.15, -0.1) is 6.58 Å². The van der Waals surface area contributed by atoms with Gasteiger partial charge in [0.1, 0.15) is 0 Å². The van der Waals surface area contributed by atoms with Gasteiger partial charge in [-0.3, -0.25) is 9.78 Å². The summed E-state index contributed by atoms with van der Waals surface area (Å²) in [6.45, 7) is 8.42. The molecule has 30 heavy (non-hydrogen) atoms. The molecular formula is C25H34N4O. The Morgan fingerprint density at radius 1 is 1.23 bits per heavy atom. The quantitative estimate of drug-likeness (QED) is 0.431. The fourth-order valence-corrected chi connectivity index (χ4v) is 4.24. The number of nitrogen functional groups attached to an aromatic ring is 1. The molecule has 1 aliphatic rings. The number of nitrogens with zero attached hydrogens (tertiary/aromatic N) is 1. The molecule has 1 aromatic carbocycles. The number of nitrogens with one attached hydrogen (secondary N) is 2. The van der Waals surface area contributed by atoms with Gasteiger partial charge < -0.3 is 16.4 Å². The first kappa shape index (κ1) is 21.9. The van der Waals surface area contributed by atoms with E-state index in [2.05, 4.69) is 41.3 Å². The Kier molecular flexibility index (Phi) is 7.50. The number of carbonyl (C=O) groups excluding carboxylic acids is 1. The first-order valence-electron chi connectivity index (χ1n) is 11.1. The summed E-state index contributed by atoms with van der Waals surface area (Å²) in [5.74, 6) is 0.489. The number of carbonyl (C=O) groups is 1. The number of rotatable bonds is 8. The lowest BCUT2D eigenvalue weighted by Crippen LogP contribution is -2.28. The number of anilines is 2. The molecule has 0 radical (unpaired) electrons. The number of nitrogens with two attached hydrogens (primary N) is 1. The molecule has 1 saturated carbocycles. The molecule has 0 atom stereocenters. The van der Waals surface area contributed by atoms with Crippen LogP contribution in [0.4, 0.5) is 11.4 Å². The van der Waals surface area contributed by atoms with Crippen molar-refractivity contribution in [3.05, 3.63) is 65.5 Å². The Morgan fingerprint density at radius 3 is 2.67 bits per heavy atom. The lowest BCUT2D eigenvalue weighted by molar-refractivity contribution is 0.0950. The molecule has 0 saturated heterocycles. The van der Waals surface area contributed by atoms with Gasteiger partial charge in [0, 0.05) is 17.9 Å². The van der Waals surface area contributed by atoms with E-state index < -0.39 is 0 Å². The van der Waals surface area contributed by atoms with Crippen LogP contribution in [0.2, 0.25) is 0 Å². The van der Waals surface area contributed by atoms with Crippen LogP contribution in [0.15, 0.2) is 43.1 Å². The fourth-order valence-electron chi connectivity index (χ4n) is 4.24. The minimum atomic E-state index is -0.143. The monoisotopic (exact) mass is 406 g/mol. The second kappa shape index (κ2) is 10.3. The Balaban J connectivity index is 1.68. The third-order valence-corrected chi connectivity index (χ3v) is 6.10. The number of benzene rings is 1. The molecule has 3 rings (SSSR count). The average Bonchev–Trinajstić information content (AvgIpc) is 2.78. The van der Waals surface area contributed by atoms with Crippen LogP contribution >= 0.6 is 0 Å². The van der Waals surface area contributed by atoms with Crippen LogP contribution in [0.25, 0.3) is 0 Å². The van der Waals surface area contributed by atoms with E-state index in [1.807, 2.05) is 25.1 Å². The van der Waals surface area contributed by atoms with Crippen molar-refractivity contribution < 1.29 is 4.79 Å². The molecular weight excluding hydrogens is 372 g/mol. The highest BCUT2D eigenvalue weighted by Crippen LogP contribution is 2.28. The summed E-state index contributed by atoms with van der Waals surface area (Å²) in [5, 5.41) is 6.66. The van der Waals surface area contributed by atoms with E-state index in [1.165, 1.54) is 12.8 Å². The smallest absolute Gasteiger partial charge is 0.253 e. The molecule has 2 aromatic rings. The number of amides is 1. The summed E-state index contributed by atoms with van der Waals surface area (Å²) in [5.41, 5.74) is 11.3. The SMILES string of the molecule is C=CC1CCC(Nc2cccnc2CNC(=O)c2c(N)cc(CC)cc2CC)CC1. The van der Waals surface area contributed by atoms with Gasteiger partial charge in [0.2, 0.25) is 0 Å². The summed E-state index contributed by atoms with van der Waals surface area (Å²) >= 11 is 0. The van der Waals surface area contributed by atoms with Gasteiger partial charge in [0.15, 0.2) is 0 Å². The van der Waals surface area contributed by atoms with E-state index >= 15 is 0 Å². The third kappa shape index (κ3) is 5.21. The van der Waals surface area contributed by atoms with Crippen molar-refractivity contribution in [3.63, 3.8) is 0 Å². The molecule has 1 fully saturated rings. The molecule has 0 spiro atoms. The molecule has 1 aromatic heterocycles. The molecule has 0 bridgehead atoms. The zero-order chi connectivity index (χ0) is 21.5. The van der Waals surface area contributed by atoms with Gasteiger partial charge >= 0.3 is 0 Å². The zero-order valence-electron chi connectivity index (χ0n) is 18.2. The lowest BCUT2D eigenvalue weighted by Gasteiger charge is -2.28. The van der Waals surface area contributed by atoms with E-state index in [4.69, 9.17) is 5.73 Å². The van der Waals surface area contributed by atoms with Crippen LogP contribution in [0.5, 0.6) is 0 Å². The van der Waals surface area contributed by atoms with Gasteiger partial charge in [0.05, 0.1) is 23.5 Å². The van der Waals surface area contributed by atoms with Crippen LogP contribution in [-0.4, -0.2) is 16.9 Å². The van der Waals surface area contributed by atoms with Crippen molar-refractivity contribution in [1.29, 1.82) is 0 Å². The summed E-state index contributed by atoms with van der Waals surface area (Å²) < 4.78 is 0. The number of hydrogen-bond acceptors (Lipinski definition) is 4. The Labute approximate surface area is 180 Å². The van der Waals surface area contributed by atoms with Gasteiger partial charge in [-0.25, -0.2) is 0 Å². The number of hydrogen-bond donors (Lipinski definition) is 3. The second-order valence-electron chi connectivity index (χ2n) is 8.10. The maximum absolute atomic E-state index is 12.9. The highest BCUT2D eigenvalue weighted by atomic mass is 16.1. The second-order valence-corrected chi connectivity index (χ2v) is 8.10. The maximum atomic E-state index is 12.9. The number of aryl methyl sites for hydroxylation is 2. The van der Waals surface area contributed by atoms with Crippen LogP contribution in [-0.2, 0) is 19.4 Å². The normalized spacial score (nSPS) is 18.6. The van der Waals surface area contributed by atoms with Crippen molar-refractivity contribution in [2.24, 2.45) is 5.92 Å². The van der Waals surface area contributed by atoms with Crippen molar-refractivity contribution in [2.75, 3.05) is 11.1 Å². The molecule has 1 amide bonds. The van der Waals surface area contributed by atoms with E-state index in [1.54, 1.807) is 6.20 Å². The van der Waals surface area contributed by atoms with E-state index in [0.717, 1.165) is 48.2 Å². The highest BCUT2D eigenvalue weighted by molar-refractivity contribution is 6.00. The molecule has 5 heteroatoms. The van der Waals surface area contributed by atoms with E-state index in [0.29, 0.717) is 29.8 Å². The third-order valence-electron chi connectivity index (χ3n) is 6.10. The van der Waals surface area contributed by atoms with Crippen molar-refractivity contribution in [3.8, 4) is 0 Å². The number of aromatic nitrogens is 1. The van der Waals surface area contributed by atoms with Crippen molar-refractivity contribution in [2.45, 2.75) is 65.0 Å². The van der Waals surface area contributed by atoms with Crippen LogP contribution < -0.4 is 16.4 Å². The largest absolute Gasteiger partial charge is 0.398 e. The number of allylic oxidation sites excluding steroid dienone is 1. The summed E-state index contributed by atoms with van der Waals surface area (Å²) in [7, 11) is 0. The number of pyridine rings is 1. The fraction of sp³-hybridized carbons (Fsp3) is 0.440. The molecule has 1 heterocycles. The van der Waals surface area contributed by atoms with Crippen LogP contribution in [0.1, 0.15) is 66.7 Å². The summed E-state index contributed by atoms with van der Waals surface area (Å²) in [4.78, 5) is 17.4. The van der Waals surface area contributed by atoms with Crippen molar-refractivity contribution >= 4 is 17.3 Å². The van der Waals surface area contributed by atoms with Gasteiger partial charge in [-0.2, -0.15) is 0 Å². The standard InChI is InChI=1S/C25H34N4O/c1-4-17-9-11-20(12-10-17)29-22-8-7-13-27-23(22)16-28-25(30)24-19(6-3)14-18(5-2)15-21(24)26/h4,7-8,13-15,17,20,29H,1,5-6,9-12,16,26H2,2-3H3,(H,28,30). The molecule has 4 N–H and O–H groups in total. The van der Waals surface area contributed by atoms with Gasteiger partial charge in [-0.1, -0.05) is 26.0 Å². The topological polar surface area (TPSA) is 80.0 Å². The molecule has 0 aliphatic heterocycles. The summed E-state index contributed by atoms with van der Waals surface area (Å²) in [6, 6.07) is 8.39. The Hall–Kier alpha value is -2.82. The first-order chi connectivity index (χ1) is 14.5. The van der Waals surface area contributed by atoms with Crippen molar-refractivity contribution in [1.82, 2.24) is 10.3 Å². The Morgan fingerprint density at radius 2 is 2.00 bits per heavy atom. The predicted octanol–water partition coefficient (Wildman–Crippen LogP) is 4.88. The predicted molar refractivity (Wildman–Crippen MR) is 125 cm³/mol. The Bertz CT molecular complexity index is 885. The zero-order valence-corrected chi connectivity index (χ0v) is 18.2. The minimum Gasteiger partial charge on any atom is -0.398 e. The lowest BCUT2D eigenvalue weighted by atomic mass is 9.86. The van der Waals surface area contributed by atoms with E-state index in [-0.39, 0.29) is 5.91 Å². The average molecular weight is 407 g/mol. The van der Waals surface area contributed by atoms with Crippen LogP contribution in [0, 0.1) is 5.92 Å². The van der Waals surface area contributed by atoms with Gasteiger partial charge in [0.25, 0.3) is 5.91 Å². The molecule has 0 unspecified atom stereocenters. The minimum absolute atomic E-state index is 0.143. The van der Waals surface area contributed by atoms with Gasteiger partial charge in [-0.05, 0) is 73.8 Å². The molecule has 5 nitrogen and oxygen atoms in total. The first-order valence-corrected chi connectivity index (χ1v) is 11.1. The highest BCUT2D eigenvalue weighted by Gasteiger charge is 2.20.